The zero-order valence-electron chi connectivity index (χ0n) is 6.78. The van der Waals surface area contributed by atoms with Crippen LogP contribution in [0.5, 0.6) is 0 Å². The second-order valence-electron chi connectivity index (χ2n) is 2.38. The minimum Gasteiger partial charge on any atom is -0.330 e. The Kier molecular flexibility index (Phi) is 2.89. The largest absolute Gasteiger partial charge is 0.330 e. The fraction of sp³-hybridized carbons (Fsp3) is 0.222. The Balaban J connectivity index is 2.54. The van der Waals surface area contributed by atoms with Crippen molar-refractivity contribution >= 4 is 17.2 Å². The third-order valence-corrected chi connectivity index (χ3v) is 2.30. The van der Waals surface area contributed by atoms with Crippen LogP contribution in [0.15, 0.2) is 17.5 Å². The summed E-state index contributed by atoms with van der Waals surface area (Å²) in [5.74, 6) is 1.79. The van der Waals surface area contributed by atoms with E-state index in [9.17, 15) is 4.79 Å². The standard InChI is InChI=1S/C9H9NOS/c1-3-9(11)10(2)7-8-5-4-6-12-8/h1,4-6H,7H2,2H3. The normalized spacial score (nSPS) is 9.00. The van der Waals surface area contributed by atoms with Crippen molar-refractivity contribution in [2.75, 3.05) is 7.05 Å². The molecule has 0 aromatic carbocycles. The molecule has 0 radical (unpaired) electrons. The van der Waals surface area contributed by atoms with Crippen LogP contribution < -0.4 is 0 Å². The zero-order chi connectivity index (χ0) is 8.97. The minimum atomic E-state index is -0.275. The predicted molar refractivity (Wildman–Crippen MR) is 49.6 cm³/mol. The lowest BCUT2D eigenvalue weighted by Crippen LogP contribution is -2.23. The number of nitrogens with zero attached hydrogens (tertiary/aromatic N) is 1. The highest BCUT2D eigenvalue weighted by molar-refractivity contribution is 7.09. The fourth-order valence-corrected chi connectivity index (χ4v) is 1.58. The van der Waals surface area contributed by atoms with Gasteiger partial charge in [-0.3, -0.25) is 4.79 Å². The predicted octanol–water partition coefficient (Wildman–Crippen LogP) is 1.34. The lowest BCUT2D eigenvalue weighted by atomic mass is 10.4. The Morgan fingerprint density at radius 3 is 3.08 bits per heavy atom. The number of thiophene rings is 1. The Labute approximate surface area is 75.8 Å². The van der Waals surface area contributed by atoms with Gasteiger partial charge in [0, 0.05) is 11.9 Å². The van der Waals surface area contributed by atoms with Gasteiger partial charge in [0.1, 0.15) is 0 Å². The first-order chi connectivity index (χ1) is 5.74. The minimum absolute atomic E-state index is 0.275. The Morgan fingerprint density at radius 1 is 1.83 bits per heavy atom. The maximum absolute atomic E-state index is 10.9. The average molecular weight is 179 g/mol. The number of carbonyl (C=O) groups is 1. The topological polar surface area (TPSA) is 20.3 Å². The lowest BCUT2D eigenvalue weighted by Gasteiger charge is -2.11. The van der Waals surface area contributed by atoms with Crippen LogP contribution in [-0.2, 0) is 11.3 Å². The van der Waals surface area contributed by atoms with Crippen molar-refractivity contribution in [3.05, 3.63) is 22.4 Å². The van der Waals surface area contributed by atoms with E-state index in [0.29, 0.717) is 6.54 Å². The molecule has 0 fully saturated rings. The monoisotopic (exact) mass is 179 g/mol. The molecule has 62 valence electrons. The molecule has 1 rings (SSSR count). The molecular formula is C9H9NOS. The maximum Gasteiger partial charge on any atom is 0.298 e. The van der Waals surface area contributed by atoms with E-state index in [0.717, 1.165) is 4.88 Å². The van der Waals surface area contributed by atoms with Gasteiger partial charge < -0.3 is 4.90 Å². The number of hydrogen-bond acceptors (Lipinski definition) is 2. The van der Waals surface area contributed by atoms with Gasteiger partial charge in [-0.2, -0.15) is 0 Å². The summed E-state index contributed by atoms with van der Waals surface area (Å²) >= 11 is 1.62. The van der Waals surface area contributed by atoms with Crippen LogP contribution >= 0.6 is 11.3 Å². The summed E-state index contributed by atoms with van der Waals surface area (Å²) in [7, 11) is 1.70. The zero-order valence-corrected chi connectivity index (χ0v) is 7.60. The molecule has 0 N–H and O–H groups in total. The van der Waals surface area contributed by atoms with E-state index in [4.69, 9.17) is 6.42 Å². The van der Waals surface area contributed by atoms with E-state index in [1.54, 1.807) is 18.4 Å². The third kappa shape index (κ3) is 2.11. The van der Waals surface area contributed by atoms with Crippen LogP contribution in [0.2, 0.25) is 0 Å². The van der Waals surface area contributed by atoms with Gasteiger partial charge in [-0.1, -0.05) is 6.07 Å². The van der Waals surface area contributed by atoms with E-state index in [1.165, 1.54) is 4.90 Å². The van der Waals surface area contributed by atoms with E-state index >= 15 is 0 Å². The van der Waals surface area contributed by atoms with Crippen molar-refractivity contribution < 1.29 is 4.79 Å². The molecule has 2 nitrogen and oxygen atoms in total. The van der Waals surface area contributed by atoms with Gasteiger partial charge in [0.05, 0.1) is 6.54 Å². The average Bonchev–Trinajstić information content (AvgIpc) is 2.55. The maximum atomic E-state index is 10.9. The summed E-state index contributed by atoms with van der Waals surface area (Å²) in [4.78, 5) is 13.6. The highest BCUT2D eigenvalue weighted by Crippen LogP contribution is 2.10. The number of hydrogen-bond donors (Lipinski definition) is 0. The van der Waals surface area contributed by atoms with Gasteiger partial charge in [0.2, 0.25) is 0 Å². The van der Waals surface area contributed by atoms with Crippen molar-refractivity contribution in [2.24, 2.45) is 0 Å². The Bertz CT molecular complexity index is 297. The molecule has 0 spiro atoms. The van der Waals surface area contributed by atoms with Gasteiger partial charge >= 0.3 is 0 Å². The van der Waals surface area contributed by atoms with Crippen molar-refractivity contribution in [3.8, 4) is 12.3 Å². The molecule has 1 heterocycles. The molecule has 0 atom stereocenters. The molecule has 0 unspecified atom stereocenters. The Morgan fingerprint density at radius 2 is 2.58 bits per heavy atom. The molecule has 0 saturated heterocycles. The summed E-state index contributed by atoms with van der Waals surface area (Å²) < 4.78 is 0. The first-order valence-electron chi connectivity index (χ1n) is 3.48. The molecule has 3 heteroatoms. The number of carbonyl (C=O) groups excluding carboxylic acids is 1. The second-order valence-corrected chi connectivity index (χ2v) is 3.42. The molecule has 1 amide bonds. The van der Waals surface area contributed by atoms with Gasteiger partial charge in [-0.15, -0.1) is 17.8 Å². The van der Waals surface area contributed by atoms with Crippen LogP contribution in [0.3, 0.4) is 0 Å². The summed E-state index contributed by atoms with van der Waals surface area (Å²) in [5, 5.41) is 1.98. The SMILES string of the molecule is C#CC(=O)N(C)Cc1cccs1. The van der Waals surface area contributed by atoms with Crippen molar-refractivity contribution in [2.45, 2.75) is 6.54 Å². The lowest BCUT2D eigenvalue weighted by molar-refractivity contribution is -0.124. The molecule has 12 heavy (non-hydrogen) atoms. The second kappa shape index (κ2) is 3.93. The first-order valence-corrected chi connectivity index (χ1v) is 4.36. The van der Waals surface area contributed by atoms with Crippen molar-refractivity contribution in [1.29, 1.82) is 0 Å². The first kappa shape index (κ1) is 8.82. The number of terminal acetylenes is 1. The summed E-state index contributed by atoms with van der Waals surface area (Å²) in [6, 6.07) is 3.93. The van der Waals surface area contributed by atoms with Gasteiger partial charge in [0.25, 0.3) is 5.91 Å². The van der Waals surface area contributed by atoms with Gasteiger partial charge in [0.15, 0.2) is 0 Å². The van der Waals surface area contributed by atoms with E-state index in [-0.39, 0.29) is 5.91 Å². The highest BCUT2D eigenvalue weighted by Gasteiger charge is 2.05. The highest BCUT2D eigenvalue weighted by atomic mass is 32.1. The van der Waals surface area contributed by atoms with Crippen LogP contribution in [0.4, 0.5) is 0 Å². The molecule has 1 aromatic rings. The van der Waals surface area contributed by atoms with Crippen LogP contribution in [-0.4, -0.2) is 17.9 Å². The van der Waals surface area contributed by atoms with E-state index in [1.807, 2.05) is 17.5 Å². The van der Waals surface area contributed by atoms with E-state index in [2.05, 4.69) is 5.92 Å². The molecular weight excluding hydrogens is 170 g/mol. The molecule has 0 saturated carbocycles. The Hall–Kier alpha value is -1.27. The summed E-state index contributed by atoms with van der Waals surface area (Å²) in [5.41, 5.74) is 0. The summed E-state index contributed by atoms with van der Waals surface area (Å²) in [6.45, 7) is 0.598. The molecule has 0 aliphatic rings. The molecule has 0 aliphatic heterocycles. The fourth-order valence-electron chi connectivity index (χ4n) is 0.818. The summed E-state index contributed by atoms with van der Waals surface area (Å²) in [6.07, 6.45) is 4.96. The van der Waals surface area contributed by atoms with Crippen molar-refractivity contribution in [1.82, 2.24) is 4.90 Å². The van der Waals surface area contributed by atoms with Gasteiger partial charge in [-0.05, 0) is 17.4 Å². The van der Waals surface area contributed by atoms with Crippen LogP contribution in [0.1, 0.15) is 4.88 Å². The van der Waals surface area contributed by atoms with Crippen molar-refractivity contribution in [3.63, 3.8) is 0 Å². The smallest absolute Gasteiger partial charge is 0.298 e. The van der Waals surface area contributed by atoms with Crippen LogP contribution in [0, 0.1) is 12.3 Å². The molecule has 0 aliphatic carbocycles. The number of amides is 1. The third-order valence-electron chi connectivity index (χ3n) is 1.44. The molecule has 0 bridgehead atoms. The molecule has 1 aromatic heterocycles. The van der Waals surface area contributed by atoms with Crippen LogP contribution in [0.25, 0.3) is 0 Å². The van der Waals surface area contributed by atoms with Gasteiger partial charge in [-0.25, -0.2) is 0 Å². The quantitative estimate of drug-likeness (QED) is 0.627. The van der Waals surface area contributed by atoms with E-state index < -0.39 is 0 Å². The number of rotatable bonds is 2.